The molecule has 0 radical (unpaired) electrons. The molecule has 1 aromatic rings. The maximum atomic E-state index is 12.2. The molecule has 0 aliphatic carbocycles. The molecule has 6 heteroatoms. The van der Waals surface area contributed by atoms with E-state index < -0.39 is 18.1 Å². The predicted molar refractivity (Wildman–Crippen MR) is 72.2 cm³/mol. The zero-order valence-electron chi connectivity index (χ0n) is 11.0. The average molecular weight is 278 g/mol. The van der Waals surface area contributed by atoms with Crippen LogP contribution in [0.5, 0.6) is 5.75 Å². The van der Waals surface area contributed by atoms with E-state index in [9.17, 15) is 14.7 Å². The third-order valence-corrected chi connectivity index (χ3v) is 3.53. The Balaban J connectivity index is 2.01. The van der Waals surface area contributed by atoms with Gasteiger partial charge in [-0.15, -0.1) is 0 Å². The summed E-state index contributed by atoms with van der Waals surface area (Å²) >= 11 is 0. The normalized spacial score (nSPS) is 19.9. The van der Waals surface area contributed by atoms with Crippen molar-refractivity contribution >= 4 is 11.9 Å². The van der Waals surface area contributed by atoms with Gasteiger partial charge in [0.25, 0.3) is 0 Å². The summed E-state index contributed by atoms with van der Waals surface area (Å²) in [6, 6.07) is 4.93. The number of carbonyl (C=O) groups is 2. The lowest BCUT2D eigenvalue weighted by Crippen LogP contribution is -2.49. The van der Waals surface area contributed by atoms with Crippen molar-refractivity contribution in [2.75, 3.05) is 6.54 Å². The second kappa shape index (κ2) is 5.92. The molecule has 0 spiro atoms. The maximum Gasteiger partial charge on any atom is 0.326 e. The molecule has 1 heterocycles. The van der Waals surface area contributed by atoms with Gasteiger partial charge in [-0.2, -0.15) is 0 Å². The molecule has 0 saturated carbocycles. The molecule has 0 bridgehead atoms. The van der Waals surface area contributed by atoms with Gasteiger partial charge in [0.1, 0.15) is 11.8 Å². The third kappa shape index (κ3) is 3.08. The lowest BCUT2D eigenvalue weighted by Gasteiger charge is -2.24. The van der Waals surface area contributed by atoms with Crippen LogP contribution in [0, 0.1) is 0 Å². The Morgan fingerprint density at radius 3 is 2.60 bits per heavy atom. The number of nitrogens with two attached hydrogens (primary N) is 1. The molecule has 2 atom stereocenters. The van der Waals surface area contributed by atoms with Gasteiger partial charge in [-0.3, -0.25) is 4.79 Å². The minimum Gasteiger partial charge on any atom is -0.508 e. The van der Waals surface area contributed by atoms with Crippen LogP contribution in [0.3, 0.4) is 0 Å². The van der Waals surface area contributed by atoms with E-state index in [0.29, 0.717) is 25.8 Å². The van der Waals surface area contributed by atoms with Crippen LogP contribution < -0.4 is 5.73 Å². The molecule has 1 saturated heterocycles. The van der Waals surface area contributed by atoms with Gasteiger partial charge in [0.2, 0.25) is 5.91 Å². The van der Waals surface area contributed by atoms with Crippen LogP contribution in [0.2, 0.25) is 0 Å². The number of aromatic hydroxyl groups is 1. The van der Waals surface area contributed by atoms with Gasteiger partial charge in [-0.1, -0.05) is 12.1 Å². The van der Waals surface area contributed by atoms with Crippen LogP contribution >= 0.6 is 0 Å². The number of nitrogens with zero attached hydrogens (tertiary/aromatic N) is 1. The quantitative estimate of drug-likeness (QED) is 0.736. The lowest BCUT2D eigenvalue weighted by molar-refractivity contribution is -0.148. The van der Waals surface area contributed by atoms with E-state index in [2.05, 4.69) is 0 Å². The number of aliphatic carboxylic acids is 1. The lowest BCUT2D eigenvalue weighted by atomic mass is 10.0. The molecule has 4 N–H and O–H groups in total. The van der Waals surface area contributed by atoms with Crippen LogP contribution in [0.4, 0.5) is 0 Å². The van der Waals surface area contributed by atoms with E-state index in [0.717, 1.165) is 5.56 Å². The van der Waals surface area contributed by atoms with E-state index in [1.165, 1.54) is 17.0 Å². The molecular formula is C14H18N2O4. The number of hydrogen-bond donors (Lipinski definition) is 3. The number of carboxylic acids is 1. The fraction of sp³-hybridized carbons (Fsp3) is 0.429. The van der Waals surface area contributed by atoms with Crippen LogP contribution in [0.15, 0.2) is 24.3 Å². The minimum absolute atomic E-state index is 0.152. The standard InChI is InChI=1S/C14H18N2O4/c15-11(8-9-3-5-10(17)6-4-9)13(18)16-7-1-2-12(16)14(19)20/h3-6,11-12,17H,1-2,7-8,15H2,(H,19,20)/t11-,12+/m0/s1. The monoisotopic (exact) mass is 278 g/mol. The summed E-state index contributed by atoms with van der Waals surface area (Å²) in [7, 11) is 0. The van der Waals surface area contributed by atoms with Crippen molar-refractivity contribution in [1.82, 2.24) is 4.90 Å². The fourth-order valence-electron chi connectivity index (χ4n) is 2.47. The topological polar surface area (TPSA) is 104 Å². The predicted octanol–water partition coefficient (Wildman–Crippen LogP) is 0.338. The van der Waals surface area contributed by atoms with Gasteiger partial charge in [0, 0.05) is 6.54 Å². The van der Waals surface area contributed by atoms with E-state index >= 15 is 0 Å². The average Bonchev–Trinajstić information content (AvgIpc) is 2.90. The van der Waals surface area contributed by atoms with Crippen molar-refractivity contribution in [3.63, 3.8) is 0 Å². The fourth-order valence-corrected chi connectivity index (χ4v) is 2.47. The first-order valence-corrected chi connectivity index (χ1v) is 6.56. The number of amides is 1. The summed E-state index contributed by atoms with van der Waals surface area (Å²) in [4.78, 5) is 24.6. The summed E-state index contributed by atoms with van der Waals surface area (Å²) in [6.07, 6.45) is 1.49. The Morgan fingerprint density at radius 2 is 2.00 bits per heavy atom. The van der Waals surface area contributed by atoms with Crippen LogP contribution in [-0.2, 0) is 16.0 Å². The molecule has 0 unspecified atom stereocenters. The van der Waals surface area contributed by atoms with Crippen molar-refractivity contribution in [3.05, 3.63) is 29.8 Å². The molecule has 1 amide bonds. The van der Waals surface area contributed by atoms with Crippen LogP contribution in [0.25, 0.3) is 0 Å². The first kappa shape index (κ1) is 14.3. The number of benzene rings is 1. The summed E-state index contributed by atoms with van der Waals surface area (Å²) in [5, 5.41) is 18.3. The molecule has 1 aliphatic heterocycles. The van der Waals surface area contributed by atoms with Crippen molar-refractivity contribution in [1.29, 1.82) is 0 Å². The molecule has 6 nitrogen and oxygen atoms in total. The molecule has 1 aliphatic rings. The van der Waals surface area contributed by atoms with Crippen LogP contribution in [0.1, 0.15) is 18.4 Å². The van der Waals surface area contributed by atoms with Gasteiger partial charge in [-0.05, 0) is 37.0 Å². The van der Waals surface area contributed by atoms with Gasteiger partial charge >= 0.3 is 5.97 Å². The zero-order chi connectivity index (χ0) is 14.7. The number of phenolic OH excluding ortho intramolecular Hbond substituents is 1. The van der Waals surface area contributed by atoms with E-state index in [4.69, 9.17) is 10.8 Å². The summed E-state index contributed by atoms with van der Waals surface area (Å²) in [6.45, 7) is 0.444. The zero-order valence-corrected chi connectivity index (χ0v) is 11.0. The summed E-state index contributed by atoms with van der Waals surface area (Å²) in [5.74, 6) is -1.16. The van der Waals surface area contributed by atoms with Crippen molar-refractivity contribution in [3.8, 4) is 5.75 Å². The summed E-state index contributed by atoms with van der Waals surface area (Å²) in [5.41, 5.74) is 6.71. The number of hydrogen-bond acceptors (Lipinski definition) is 4. The van der Waals surface area contributed by atoms with E-state index in [1.54, 1.807) is 12.1 Å². The molecule has 1 fully saturated rings. The first-order chi connectivity index (χ1) is 9.49. The highest BCUT2D eigenvalue weighted by Crippen LogP contribution is 2.19. The molecule has 0 aromatic heterocycles. The van der Waals surface area contributed by atoms with Gasteiger partial charge in [0.05, 0.1) is 6.04 Å². The van der Waals surface area contributed by atoms with Crippen molar-refractivity contribution in [2.24, 2.45) is 5.73 Å². The Labute approximate surface area is 116 Å². The Kier molecular flexibility index (Phi) is 4.24. The Bertz CT molecular complexity index is 500. The second-order valence-electron chi connectivity index (χ2n) is 5.00. The third-order valence-electron chi connectivity index (χ3n) is 3.53. The largest absolute Gasteiger partial charge is 0.508 e. The van der Waals surface area contributed by atoms with Gasteiger partial charge < -0.3 is 20.8 Å². The molecule has 20 heavy (non-hydrogen) atoms. The number of likely N-dealkylation sites (tertiary alicyclic amines) is 1. The van der Waals surface area contributed by atoms with E-state index in [1.807, 2.05) is 0 Å². The van der Waals surface area contributed by atoms with Crippen LogP contribution in [-0.4, -0.2) is 45.6 Å². The summed E-state index contributed by atoms with van der Waals surface area (Å²) < 4.78 is 0. The SMILES string of the molecule is N[C@@H](Cc1ccc(O)cc1)C(=O)N1CCC[C@@H]1C(=O)O. The van der Waals surface area contributed by atoms with Crippen molar-refractivity contribution in [2.45, 2.75) is 31.3 Å². The number of carboxylic acid groups (broad SMARTS) is 1. The second-order valence-corrected chi connectivity index (χ2v) is 5.00. The Hall–Kier alpha value is -2.08. The minimum atomic E-state index is -0.979. The highest BCUT2D eigenvalue weighted by Gasteiger charge is 2.35. The molecular weight excluding hydrogens is 260 g/mol. The highest BCUT2D eigenvalue weighted by atomic mass is 16.4. The van der Waals surface area contributed by atoms with Gasteiger partial charge in [0.15, 0.2) is 0 Å². The molecule has 108 valence electrons. The highest BCUT2D eigenvalue weighted by molar-refractivity contribution is 5.87. The van der Waals surface area contributed by atoms with Crippen molar-refractivity contribution < 1.29 is 19.8 Å². The van der Waals surface area contributed by atoms with Gasteiger partial charge in [-0.25, -0.2) is 4.79 Å². The van der Waals surface area contributed by atoms with E-state index in [-0.39, 0.29) is 11.7 Å². The smallest absolute Gasteiger partial charge is 0.326 e. The Morgan fingerprint density at radius 1 is 1.35 bits per heavy atom. The molecule has 1 aromatic carbocycles. The molecule has 2 rings (SSSR count). The maximum absolute atomic E-state index is 12.2. The first-order valence-electron chi connectivity index (χ1n) is 6.56. The number of rotatable bonds is 4. The number of phenols is 1. The number of carbonyl (C=O) groups excluding carboxylic acids is 1.